The minimum Gasteiger partial charge on any atom is -0.356 e. The Labute approximate surface area is 203 Å². The van der Waals surface area contributed by atoms with Crippen LogP contribution < -0.4 is 4.90 Å². The largest absolute Gasteiger partial charge is 0.356 e. The van der Waals surface area contributed by atoms with Gasteiger partial charge in [0.05, 0.1) is 11.7 Å². The number of carbonyl (C=O) groups excluding carboxylic acids is 1. The normalized spacial score (nSPS) is 18.3. The molecule has 172 valence electrons. The average molecular weight is 509 g/mol. The van der Waals surface area contributed by atoms with E-state index >= 15 is 0 Å². The minimum absolute atomic E-state index is 0.0168. The van der Waals surface area contributed by atoms with Crippen LogP contribution in [0.2, 0.25) is 0 Å². The van der Waals surface area contributed by atoms with Crippen molar-refractivity contribution in [2.45, 2.75) is 52.0 Å². The smallest absolute Gasteiger partial charge is 0.254 e. The van der Waals surface area contributed by atoms with Gasteiger partial charge in [0.15, 0.2) is 5.65 Å². The van der Waals surface area contributed by atoms with E-state index in [1.807, 2.05) is 34.5 Å². The van der Waals surface area contributed by atoms with Crippen LogP contribution in [-0.4, -0.2) is 45.0 Å². The van der Waals surface area contributed by atoms with E-state index in [0.29, 0.717) is 0 Å². The van der Waals surface area contributed by atoms with E-state index < -0.39 is 0 Å². The number of halogens is 1. The molecule has 2 fully saturated rings. The molecule has 0 saturated carbocycles. The van der Waals surface area contributed by atoms with Gasteiger partial charge in [-0.3, -0.25) is 4.79 Å². The first-order valence-corrected chi connectivity index (χ1v) is 12.3. The monoisotopic (exact) mass is 508 g/mol. The molecule has 8 heteroatoms. The summed E-state index contributed by atoms with van der Waals surface area (Å²) in [6.45, 7) is 10.5. The summed E-state index contributed by atoms with van der Waals surface area (Å²) in [5, 5.41) is 11.4. The van der Waals surface area contributed by atoms with Crippen LogP contribution in [0.5, 0.6) is 0 Å². The number of nitrogens with zero attached hydrogens (tertiary/aromatic N) is 6. The van der Waals surface area contributed by atoms with Crippen LogP contribution in [0, 0.1) is 25.7 Å². The summed E-state index contributed by atoms with van der Waals surface area (Å²) in [4.78, 5) is 22.8. The molecule has 1 aromatic carbocycles. The molecule has 1 amide bonds. The molecular formula is C25H29BrN6O. The Morgan fingerprint density at radius 3 is 2.55 bits per heavy atom. The lowest BCUT2D eigenvalue weighted by molar-refractivity contribution is 0.0605. The third kappa shape index (κ3) is 4.60. The van der Waals surface area contributed by atoms with Crippen LogP contribution in [0.15, 0.2) is 34.9 Å². The first-order chi connectivity index (χ1) is 16.0. The fourth-order valence-electron chi connectivity index (χ4n) is 4.89. The van der Waals surface area contributed by atoms with Crippen LogP contribution in [0.1, 0.15) is 65.3 Å². The first kappa shape index (κ1) is 23.2. The van der Waals surface area contributed by atoms with E-state index in [0.717, 1.165) is 77.2 Å². The van der Waals surface area contributed by atoms with Gasteiger partial charge >= 0.3 is 0 Å². The van der Waals surface area contributed by atoms with Crippen LogP contribution in [0.25, 0.3) is 5.65 Å². The van der Waals surface area contributed by atoms with E-state index in [4.69, 9.17) is 15.3 Å². The number of amides is 1. The predicted molar refractivity (Wildman–Crippen MR) is 132 cm³/mol. The molecule has 7 nitrogen and oxygen atoms in total. The number of fused-ring (bicyclic) bond motifs is 1. The van der Waals surface area contributed by atoms with Gasteiger partial charge in [0.25, 0.3) is 5.91 Å². The highest BCUT2D eigenvalue weighted by atomic mass is 79.9. The zero-order chi connectivity index (χ0) is 23.5. The third-order valence-corrected chi connectivity index (χ3v) is 7.06. The Morgan fingerprint density at radius 1 is 1.06 bits per heavy atom. The second-order valence-corrected chi connectivity index (χ2v) is 9.70. The maximum absolute atomic E-state index is 13.5. The van der Waals surface area contributed by atoms with Crippen molar-refractivity contribution in [3.05, 3.63) is 57.3 Å². The summed E-state index contributed by atoms with van der Waals surface area (Å²) in [6, 6.07) is 7.96. The number of carbonyl (C=O) groups is 1. The minimum atomic E-state index is -0.0168. The van der Waals surface area contributed by atoms with E-state index in [-0.39, 0.29) is 11.9 Å². The van der Waals surface area contributed by atoms with Crippen molar-refractivity contribution in [1.82, 2.24) is 19.5 Å². The molecule has 33 heavy (non-hydrogen) atoms. The molecule has 5 rings (SSSR count). The SMILES string of the molecule is C#N.Cc1ccc(Br)cc1C(=O)N1CCCCC1c1cc2nc(N3CCCC3)c(C)cn2n1. The molecular weight excluding hydrogens is 480 g/mol. The molecule has 3 aromatic rings. The Kier molecular flexibility index (Phi) is 6.99. The molecule has 2 aliphatic rings. The highest BCUT2D eigenvalue weighted by Crippen LogP contribution is 2.33. The lowest BCUT2D eigenvalue weighted by Gasteiger charge is -2.35. The van der Waals surface area contributed by atoms with E-state index in [2.05, 4.69) is 46.6 Å². The van der Waals surface area contributed by atoms with Gasteiger partial charge in [-0.15, -0.1) is 0 Å². The fraction of sp³-hybridized carbons (Fsp3) is 0.440. The second kappa shape index (κ2) is 9.92. The molecule has 2 aromatic heterocycles. The molecule has 0 spiro atoms. The van der Waals surface area contributed by atoms with Gasteiger partial charge in [0.1, 0.15) is 5.82 Å². The van der Waals surface area contributed by atoms with Crippen molar-refractivity contribution in [3.63, 3.8) is 0 Å². The summed E-state index contributed by atoms with van der Waals surface area (Å²) < 4.78 is 2.81. The van der Waals surface area contributed by atoms with Gasteiger partial charge in [0.2, 0.25) is 0 Å². The molecule has 0 N–H and O–H groups in total. The standard InChI is InChI=1S/C24H28BrN5O.CHN/c1-16-8-9-18(25)13-19(16)24(31)29-12-4-3-7-21(29)20-14-22-26-23(28-10-5-6-11-28)17(2)15-30(22)27-20;1-2/h8-9,13-15,21H,3-7,10-12H2,1-2H3;1H. The number of aryl methyl sites for hydroxylation is 2. The van der Waals surface area contributed by atoms with E-state index in [1.54, 1.807) is 0 Å². The van der Waals surface area contributed by atoms with Gasteiger partial charge < -0.3 is 9.80 Å². The molecule has 2 aliphatic heterocycles. The maximum Gasteiger partial charge on any atom is 0.254 e. The Morgan fingerprint density at radius 2 is 1.79 bits per heavy atom. The number of aromatic nitrogens is 3. The zero-order valence-electron chi connectivity index (χ0n) is 19.2. The lowest BCUT2D eigenvalue weighted by Crippen LogP contribution is -2.39. The van der Waals surface area contributed by atoms with Crippen molar-refractivity contribution >= 4 is 33.3 Å². The number of likely N-dealkylation sites (tertiary alicyclic amines) is 1. The van der Waals surface area contributed by atoms with Crippen molar-refractivity contribution in [2.75, 3.05) is 24.5 Å². The predicted octanol–water partition coefficient (Wildman–Crippen LogP) is 5.22. The van der Waals surface area contributed by atoms with Crippen molar-refractivity contribution in [2.24, 2.45) is 0 Å². The molecule has 0 radical (unpaired) electrons. The zero-order valence-corrected chi connectivity index (χ0v) is 20.8. The molecule has 1 unspecified atom stereocenters. The van der Waals surface area contributed by atoms with Gasteiger partial charge in [-0.25, -0.2) is 14.8 Å². The average Bonchev–Trinajstić information content (AvgIpc) is 3.51. The van der Waals surface area contributed by atoms with Crippen LogP contribution in [0.3, 0.4) is 0 Å². The number of rotatable bonds is 3. The van der Waals surface area contributed by atoms with Crippen LogP contribution >= 0.6 is 15.9 Å². The summed E-state index contributed by atoms with van der Waals surface area (Å²) in [5.41, 5.74) is 4.70. The Balaban J connectivity index is 0.00000126. The molecule has 2 saturated heterocycles. The molecule has 1 atom stereocenters. The fourth-order valence-corrected chi connectivity index (χ4v) is 5.25. The third-order valence-electron chi connectivity index (χ3n) is 6.56. The Hall–Kier alpha value is -2.92. The number of hydrogen-bond donors (Lipinski definition) is 0. The van der Waals surface area contributed by atoms with Gasteiger partial charge in [-0.1, -0.05) is 22.0 Å². The van der Waals surface area contributed by atoms with Crippen molar-refractivity contribution in [3.8, 4) is 6.57 Å². The highest BCUT2D eigenvalue weighted by molar-refractivity contribution is 9.10. The second-order valence-electron chi connectivity index (χ2n) is 8.78. The molecule has 0 bridgehead atoms. The summed E-state index contributed by atoms with van der Waals surface area (Å²) in [5.74, 6) is 1.15. The van der Waals surface area contributed by atoms with Crippen molar-refractivity contribution in [1.29, 1.82) is 5.26 Å². The molecule has 4 heterocycles. The quantitative estimate of drug-likeness (QED) is 0.484. The highest BCUT2D eigenvalue weighted by Gasteiger charge is 2.31. The van der Waals surface area contributed by atoms with Gasteiger partial charge in [-0.05, 0) is 63.6 Å². The lowest BCUT2D eigenvalue weighted by atomic mass is 9.97. The van der Waals surface area contributed by atoms with E-state index in [1.165, 1.54) is 12.8 Å². The number of piperidine rings is 1. The summed E-state index contributed by atoms with van der Waals surface area (Å²) in [6.07, 6.45) is 7.59. The summed E-state index contributed by atoms with van der Waals surface area (Å²) in [7, 11) is 0. The van der Waals surface area contributed by atoms with Gasteiger partial charge in [0, 0.05) is 54.1 Å². The Bertz CT molecular complexity index is 1180. The van der Waals surface area contributed by atoms with E-state index in [9.17, 15) is 4.79 Å². The maximum atomic E-state index is 13.5. The first-order valence-electron chi connectivity index (χ1n) is 11.5. The number of hydrogen-bond acceptors (Lipinski definition) is 5. The van der Waals surface area contributed by atoms with Crippen LogP contribution in [-0.2, 0) is 0 Å². The molecule has 0 aliphatic carbocycles. The van der Waals surface area contributed by atoms with Crippen molar-refractivity contribution < 1.29 is 4.79 Å². The summed E-state index contributed by atoms with van der Waals surface area (Å²) >= 11 is 3.51. The number of nitriles is 1. The van der Waals surface area contributed by atoms with Gasteiger partial charge in [-0.2, -0.15) is 5.10 Å². The van der Waals surface area contributed by atoms with Crippen LogP contribution in [0.4, 0.5) is 5.82 Å². The topological polar surface area (TPSA) is 77.5 Å². The number of benzene rings is 1. The number of anilines is 1.